The molecule has 1 aromatic heterocycles. The number of benzene rings is 1. The number of carbonyl (C=O) groups is 2. The van der Waals surface area contributed by atoms with Gasteiger partial charge in [-0.05, 0) is 55.0 Å². The van der Waals surface area contributed by atoms with Crippen LogP contribution in [0.3, 0.4) is 0 Å². The first-order chi connectivity index (χ1) is 12.5. The number of hydrogen-bond donors (Lipinski definition) is 1. The van der Waals surface area contributed by atoms with Crippen LogP contribution in [0.4, 0.5) is 5.69 Å². The van der Waals surface area contributed by atoms with Gasteiger partial charge in [-0.1, -0.05) is 23.9 Å². The summed E-state index contributed by atoms with van der Waals surface area (Å²) in [7, 11) is 0. The third kappa shape index (κ3) is 5.99. The summed E-state index contributed by atoms with van der Waals surface area (Å²) in [5.41, 5.74) is 1.51. The molecule has 2 aromatic rings. The van der Waals surface area contributed by atoms with E-state index in [1.165, 1.54) is 17.8 Å². The summed E-state index contributed by atoms with van der Waals surface area (Å²) < 4.78 is 6.49. The number of esters is 1. The first-order valence-electron chi connectivity index (χ1n) is 8.15. The van der Waals surface area contributed by atoms with E-state index in [1.807, 2.05) is 13.8 Å². The second-order valence-electron chi connectivity index (χ2n) is 5.54. The molecule has 0 atom stereocenters. The second kappa shape index (κ2) is 9.71. The van der Waals surface area contributed by atoms with Crippen LogP contribution < -0.4 is 5.32 Å². The number of thioether (sulfide) groups is 1. The van der Waals surface area contributed by atoms with Crippen molar-refractivity contribution in [2.75, 3.05) is 17.7 Å². The number of aromatic nitrogens is 4. The maximum Gasteiger partial charge on any atom is 0.330 e. The van der Waals surface area contributed by atoms with Crippen molar-refractivity contribution in [2.24, 2.45) is 0 Å². The first-order valence-corrected chi connectivity index (χ1v) is 9.13. The van der Waals surface area contributed by atoms with Gasteiger partial charge >= 0.3 is 5.97 Å². The van der Waals surface area contributed by atoms with E-state index < -0.39 is 0 Å². The molecule has 0 saturated carbocycles. The Bertz CT molecular complexity index is 771. The van der Waals surface area contributed by atoms with E-state index in [4.69, 9.17) is 4.74 Å². The summed E-state index contributed by atoms with van der Waals surface area (Å²) in [6.45, 7) is 6.04. The lowest BCUT2D eigenvalue weighted by atomic mass is 10.2. The Morgan fingerprint density at radius 3 is 2.69 bits per heavy atom. The number of rotatable bonds is 8. The lowest BCUT2D eigenvalue weighted by molar-refractivity contribution is -0.137. The molecule has 138 valence electrons. The predicted octanol–water partition coefficient (Wildman–Crippen LogP) is 2.56. The minimum atomic E-state index is -0.384. The fourth-order valence-electron chi connectivity index (χ4n) is 1.96. The number of nitrogens with one attached hydrogen (secondary N) is 1. The molecule has 8 nitrogen and oxygen atoms in total. The van der Waals surface area contributed by atoms with Crippen molar-refractivity contribution in [3.63, 3.8) is 0 Å². The van der Waals surface area contributed by atoms with Gasteiger partial charge in [0, 0.05) is 11.8 Å². The SMILES string of the molecule is CCOC(=O)/C=C/c1ccc(NC(=O)CSc2nnnn2C(C)C)cc1. The molecule has 0 fully saturated rings. The molecule has 0 aliphatic carbocycles. The predicted molar refractivity (Wildman–Crippen MR) is 99.7 cm³/mol. The highest BCUT2D eigenvalue weighted by molar-refractivity contribution is 7.99. The molecular formula is C17H21N5O3S. The largest absolute Gasteiger partial charge is 0.463 e. The van der Waals surface area contributed by atoms with Crippen LogP contribution in [-0.2, 0) is 14.3 Å². The Hall–Kier alpha value is -2.68. The minimum absolute atomic E-state index is 0.130. The number of nitrogens with zero attached hydrogens (tertiary/aromatic N) is 4. The number of tetrazole rings is 1. The van der Waals surface area contributed by atoms with Gasteiger partial charge in [0.1, 0.15) is 0 Å². The van der Waals surface area contributed by atoms with E-state index in [9.17, 15) is 9.59 Å². The Morgan fingerprint density at radius 2 is 2.04 bits per heavy atom. The van der Waals surface area contributed by atoms with Crippen molar-refractivity contribution >= 4 is 35.4 Å². The topological polar surface area (TPSA) is 99.0 Å². The van der Waals surface area contributed by atoms with Crippen molar-refractivity contribution in [3.8, 4) is 0 Å². The fourth-order valence-corrected chi connectivity index (χ4v) is 2.77. The van der Waals surface area contributed by atoms with Crippen molar-refractivity contribution in [2.45, 2.75) is 32.0 Å². The van der Waals surface area contributed by atoms with Gasteiger partial charge in [0.25, 0.3) is 0 Å². The van der Waals surface area contributed by atoms with Crippen molar-refractivity contribution in [1.82, 2.24) is 20.2 Å². The molecule has 1 heterocycles. The molecule has 2 rings (SSSR count). The monoisotopic (exact) mass is 375 g/mol. The summed E-state index contributed by atoms with van der Waals surface area (Å²) in [5.74, 6) is -0.328. The van der Waals surface area contributed by atoms with Crippen molar-refractivity contribution < 1.29 is 14.3 Å². The number of carbonyl (C=O) groups excluding carboxylic acids is 2. The lowest BCUT2D eigenvalue weighted by Crippen LogP contribution is -2.15. The Balaban J connectivity index is 1.85. The molecular weight excluding hydrogens is 354 g/mol. The van der Waals surface area contributed by atoms with Crippen LogP contribution in [0.5, 0.6) is 0 Å². The normalized spacial score (nSPS) is 11.1. The zero-order chi connectivity index (χ0) is 18.9. The van der Waals surface area contributed by atoms with E-state index in [0.29, 0.717) is 17.5 Å². The van der Waals surface area contributed by atoms with Crippen LogP contribution in [0, 0.1) is 0 Å². The first kappa shape index (κ1) is 19.6. The molecule has 0 aliphatic heterocycles. The summed E-state index contributed by atoms with van der Waals surface area (Å²) in [6.07, 6.45) is 3.03. The minimum Gasteiger partial charge on any atom is -0.463 e. The van der Waals surface area contributed by atoms with Gasteiger partial charge in [-0.2, -0.15) is 0 Å². The molecule has 0 saturated heterocycles. The Morgan fingerprint density at radius 1 is 1.31 bits per heavy atom. The van der Waals surface area contributed by atoms with Crippen LogP contribution >= 0.6 is 11.8 Å². The van der Waals surface area contributed by atoms with Crippen LogP contribution in [0.15, 0.2) is 35.5 Å². The summed E-state index contributed by atoms with van der Waals surface area (Å²) in [5, 5.41) is 14.9. The van der Waals surface area contributed by atoms with Crippen LogP contribution in [0.25, 0.3) is 6.08 Å². The molecule has 1 amide bonds. The lowest BCUT2D eigenvalue weighted by Gasteiger charge is -2.08. The van der Waals surface area contributed by atoms with Crippen LogP contribution in [0.1, 0.15) is 32.4 Å². The van der Waals surface area contributed by atoms with Gasteiger partial charge in [0.15, 0.2) is 0 Å². The molecule has 0 aliphatic rings. The highest BCUT2D eigenvalue weighted by Crippen LogP contribution is 2.18. The number of anilines is 1. The highest BCUT2D eigenvalue weighted by Gasteiger charge is 2.12. The zero-order valence-electron chi connectivity index (χ0n) is 14.9. The van der Waals surface area contributed by atoms with E-state index >= 15 is 0 Å². The molecule has 0 radical (unpaired) electrons. The Kier molecular flexibility index (Phi) is 7.34. The van der Waals surface area contributed by atoms with Gasteiger partial charge < -0.3 is 10.1 Å². The number of hydrogen-bond acceptors (Lipinski definition) is 7. The second-order valence-corrected chi connectivity index (χ2v) is 6.49. The van der Waals surface area contributed by atoms with E-state index in [2.05, 4.69) is 20.8 Å². The maximum atomic E-state index is 12.1. The fraction of sp³-hybridized carbons (Fsp3) is 0.353. The van der Waals surface area contributed by atoms with E-state index in [-0.39, 0.29) is 23.7 Å². The van der Waals surface area contributed by atoms with Crippen molar-refractivity contribution in [1.29, 1.82) is 0 Å². The number of ether oxygens (including phenoxy) is 1. The summed E-state index contributed by atoms with van der Waals surface area (Å²) in [4.78, 5) is 23.4. The van der Waals surface area contributed by atoms with Crippen LogP contribution in [0.2, 0.25) is 0 Å². The highest BCUT2D eigenvalue weighted by atomic mass is 32.2. The van der Waals surface area contributed by atoms with Gasteiger partial charge in [-0.3, -0.25) is 4.79 Å². The van der Waals surface area contributed by atoms with E-state index in [1.54, 1.807) is 41.9 Å². The molecule has 26 heavy (non-hydrogen) atoms. The average Bonchev–Trinajstić information content (AvgIpc) is 3.08. The molecule has 1 aromatic carbocycles. The number of amides is 1. The molecule has 0 bridgehead atoms. The zero-order valence-corrected chi connectivity index (χ0v) is 15.7. The van der Waals surface area contributed by atoms with Gasteiger partial charge in [0.2, 0.25) is 11.1 Å². The molecule has 9 heteroatoms. The Labute approximate surface area is 156 Å². The molecule has 0 spiro atoms. The van der Waals surface area contributed by atoms with E-state index in [0.717, 1.165) is 5.56 Å². The third-order valence-electron chi connectivity index (χ3n) is 3.18. The van der Waals surface area contributed by atoms with Gasteiger partial charge in [-0.15, -0.1) is 5.10 Å². The van der Waals surface area contributed by atoms with Gasteiger partial charge in [0.05, 0.1) is 18.4 Å². The molecule has 0 unspecified atom stereocenters. The molecule has 1 N–H and O–H groups in total. The average molecular weight is 375 g/mol. The maximum absolute atomic E-state index is 12.1. The quantitative estimate of drug-likeness (QED) is 0.430. The summed E-state index contributed by atoms with van der Waals surface area (Å²) in [6, 6.07) is 7.28. The standard InChI is InChI=1S/C17H21N5O3S/c1-4-25-16(24)10-7-13-5-8-14(9-6-13)18-15(23)11-26-17-19-20-21-22(17)12(2)3/h5-10,12H,4,11H2,1-3H3,(H,18,23)/b10-7+. The smallest absolute Gasteiger partial charge is 0.330 e. The summed E-state index contributed by atoms with van der Waals surface area (Å²) >= 11 is 1.28. The third-order valence-corrected chi connectivity index (χ3v) is 4.11. The van der Waals surface area contributed by atoms with Crippen molar-refractivity contribution in [3.05, 3.63) is 35.9 Å². The van der Waals surface area contributed by atoms with Crippen LogP contribution in [-0.4, -0.2) is 44.4 Å². The van der Waals surface area contributed by atoms with Gasteiger partial charge in [-0.25, -0.2) is 9.48 Å².